The van der Waals surface area contributed by atoms with Crippen LogP contribution in [0.4, 0.5) is 0 Å². The van der Waals surface area contributed by atoms with Gasteiger partial charge in [0.1, 0.15) is 0 Å². The van der Waals surface area contributed by atoms with Crippen molar-refractivity contribution in [1.82, 2.24) is 9.29 Å². The van der Waals surface area contributed by atoms with Gasteiger partial charge in [0.05, 0.1) is 23.2 Å². The van der Waals surface area contributed by atoms with Gasteiger partial charge in [0.15, 0.2) is 0 Å². The second-order valence-corrected chi connectivity index (χ2v) is 7.44. The summed E-state index contributed by atoms with van der Waals surface area (Å²) in [6.45, 7) is 6.06. The molecule has 2 rings (SSSR count). The van der Waals surface area contributed by atoms with Gasteiger partial charge in [-0.25, -0.2) is 8.42 Å². The number of sulfonamides is 1. The van der Waals surface area contributed by atoms with Crippen LogP contribution in [-0.4, -0.2) is 47.6 Å². The van der Waals surface area contributed by atoms with E-state index in [0.717, 1.165) is 0 Å². The molecule has 0 amide bonds. The predicted octanol–water partition coefficient (Wildman–Crippen LogP) is 0.695. The zero-order valence-corrected chi connectivity index (χ0v) is 12.2. The Labute approximate surface area is 113 Å². The lowest BCUT2D eigenvalue weighted by molar-refractivity contribution is -0.109. The van der Waals surface area contributed by atoms with Gasteiger partial charge in [-0.3, -0.25) is 0 Å². The molecule has 1 aromatic heterocycles. The fourth-order valence-corrected chi connectivity index (χ4v) is 4.07. The molecule has 0 spiro atoms. The van der Waals surface area contributed by atoms with Gasteiger partial charge >= 0.3 is 0 Å². The molecule has 1 saturated heterocycles. The highest BCUT2D eigenvalue weighted by molar-refractivity contribution is 7.89. The molecule has 1 atom stereocenters. The van der Waals surface area contributed by atoms with Crippen LogP contribution < -0.4 is 0 Å². The topological polar surface area (TPSA) is 82.6 Å². The van der Waals surface area contributed by atoms with E-state index in [2.05, 4.69) is 4.98 Å². The van der Waals surface area contributed by atoms with Crippen LogP contribution in [0.3, 0.4) is 0 Å². The van der Waals surface area contributed by atoms with E-state index in [1.54, 1.807) is 0 Å². The van der Waals surface area contributed by atoms with Crippen LogP contribution >= 0.6 is 0 Å². The highest BCUT2D eigenvalue weighted by Gasteiger charge is 2.38. The Morgan fingerprint density at radius 2 is 2.26 bits per heavy atom. The van der Waals surface area contributed by atoms with Crippen molar-refractivity contribution in [2.24, 2.45) is 0 Å². The summed E-state index contributed by atoms with van der Waals surface area (Å²) in [5.41, 5.74) is -0.0138. The maximum atomic E-state index is 12.5. The Morgan fingerprint density at radius 1 is 1.58 bits per heavy atom. The molecular formula is C12H20N2O4S. The Balaban J connectivity index is 2.28. The molecule has 1 aliphatic rings. The number of ether oxygens (including phenoxy) is 1. The molecule has 0 saturated carbocycles. The van der Waals surface area contributed by atoms with E-state index in [1.807, 2.05) is 20.8 Å². The van der Waals surface area contributed by atoms with Crippen LogP contribution in [0.2, 0.25) is 0 Å². The van der Waals surface area contributed by atoms with Crippen LogP contribution in [0.5, 0.6) is 0 Å². The van der Waals surface area contributed by atoms with Crippen molar-refractivity contribution in [3.63, 3.8) is 0 Å². The van der Waals surface area contributed by atoms with Crippen LogP contribution in [-0.2, 0) is 21.4 Å². The first kappa shape index (κ1) is 14.5. The van der Waals surface area contributed by atoms with Crippen molar-refractivity contribution in [1.29, 1.82) is 0 Å². The SMILES string of the molecule is CC1CN(S(=O)(=O)c2c[nH]c(CO)c2)CC(C)(C)O1. The fraction of sp³-hybridized carbons (Fsp3) is 0.667. The molecule has 1 aliphatic heterocycles. The fourth-order valence-electron chi connectivity index (χ4n) is 2.39. The highest BCUT2D eigenvalue weighted by atomic mass is 32.2. The molecule has 0 radical (unpaired) electrons. The molecule has 6 nitrogen and oxygen atoms in total. The Hall–Kier alpha value is -0.890. The molecule has 0 bridgehead atoms. The second kappa shape index (κ2) is 4.90. The lowest BCUT2D eigenvalue weighted by Gasteiger charge is -2.40. The van der Waals surface area contributed by atoms with Gasteiger partial charge in [-0.15, -0.1) is 0 Å². The lowest BCUT2D eigenvalue weighted by Crippen LogP contribution is -2.53. The summed E-state index contributed by atoms with van der Waals surface area (Å²) < 4.78 is 32.2. The number of aromatic nitrogens is 1. The van der Waals surface area contributed by atoms with E-state index < -0.39 is 15.6 Å². The van der Waals surface area contributed by atoms with Gasteiger partial charge in [-0.2, -0.15) is 4.31 Å². The third-order valence-corrected chi connectivity index (χ3v) is 4.85. The van der Waals surface area contributed by atoms with Gasteiger partial charge in [0.25, 0.3) is 0 Å². The van der Waals surface area contributed by atoms with E-state index in [1.165, 1.54) is 16.6 Å². The number of H-pyrrole nitrogens is 1. The highest BCUT2D eigenvalue weighted by Crippen LogP contribution is 2.26. The number of aliphatic hydroxyl groups excluding tert-OH is 1. The standard InChI is InChI=1S/C12H20N2O4S/c1-9-6-14(8-12(2,3)18-9)19(16,17)11-4-10(7-15)13-5-11/h4-5,9,13,15H,6-8H2,1-3H3. The number of nitrogens with one attached hydrogen (secondary N) is 1. The molecule has 108 valence electrons. The van der Waals surface area contributed by atoms with Crippen LogP contribution in [0.15, 0.2) is 17.2 Å². The van der Waals surface area contributed by atoms with E-state index >= 15 is 0 Å². The van der Waals surface area contributed by atoms with E-state index in [9.17, 15) is 8.42 Å². The quantitative estimate of drug-likeness (QED) is 0.857. The van der Waals surface area contributed by atoms with Crippen molar-refractivity contribution >= 4 is 10.0 Å². The van der Waals surface area contributed by atoms with Gasteiger partial charge in [-0.05, 0) is 26.8 Å². The average Bonchev–Trinajstić information content (AvgIpc) is 2.75. The van der Waals surface area contributed by atoms with Gasteiger partial charge < -0.3 is 14.8 Å². The van der Waals surface area contributed by atoms with Gasteiger partial charge in [-0.1, -0.05) is 0 Å². The Bertz CT molecular complexity index is 550. The van der Waals surface area contributed by atoms with Gasteiger partial charge in [0, 0.05) is 25.0 Å². The van der Waals surface area contributed by atoms with Crippen molar-refractivity contribution < 1.29 is 18.3 Å². The minimum atomic E-state index is -3.54. The number of hydrogen-bond donors (Lipinski definition) is 2. The number of hydrogen-bond acceptors (Lipinski definition) is 4. The molecular weight excluding hydrogens is 268 g/mol. The van der Waals surface area contributed by atoms with Gasteiger partial charge in [0.2, 0.25) is 10.0 Å². The molecule has 0 aromatic carbocycles. The van der Waals surface area contributed by atoms with Crippen molar-refractivity contribution in [2.45, 2.75) is 44.0 Å². The first-order valence-electron chi connectivity index (χ1n) is 6.21. The molecule has 2 N–H and O–H groups in total. The summed E-state index contributed by atoms with van der Waals surface area (Å²) in [4.78, 5) is 2.93. The molecule has 2 heterocycles. The lowest BCUT2D eigenvalue weighted by atomic mass is 10.1. The minimum Gasteiger partial charge on any atom is -0.390 e. The first-order valence-corrected chi connectivity index (χ1v) is 7.65. The number of morpholine rings is 1. The summed E-state index contributed by atoms with van der Waals surface area (Å²) in [5, 5.41) is 8.99. The summed E-state index contributed by atoms with van der Waals surface area (Å²) in [7, 11) is -3.54. The Kier molecular flexibility index (Phi) is 3.74. The Morgan fingerprint density at radius 3 is 2.79 bits per heavy atom. The molecule has 7 heteroatoms. The summed E-state index contributed by atoms with van der Waals surface area (Å²) in [6.07, 6.45) is 1.27. The van der Waals surface area contributed by atoms with Crippen LogP contribution in [0.25, 0.3) is 0 Å². The van der Waals surface area contributed by atoms with Crippen molar-refractivity contribution in [2.75, 3.05) is 13.1 Å². The van der Waals surface area contributed by atoms with Crippen LogP contribution in [0, 0.1) is 0 Å². The maximum absolute atomic E-state index is 12.5. The van der Waals surface area contributed by atoms with E-state index in [-0.39, 0.29) is 17.6 Å². The number of aliphatic hydroxyl groups is 1. The zero-order chi connectivity index (χ0) is 14.3. The molecule has 19 heavy (non-hydrogen) atoms. The van der Waals surface area contributed by atoms with Crippen LogP contribution in [0.1, 0.15) is 26.5 Å². The second-order valence-electron chi connectivity index (χ2n) is 5.50. The molecule has 1 fully saturated rings. The first-order chi connectivity index (χ1) is 8.74. The molecule has 1 aromatic rings. The zero-order valence-electron chi connectivity index (χ0n) is 11.4. The maximum Gasteiger partial charge on any atom is 0.244 e. The minimum absolute atomic E-state index is 0.144. The molecule has 1 unspecified atom stereocenters. The normalized spacial score (nSPS) is 24.5. The summed E-state index contributed by atoms with van der Waals surface area (Å²) in [5.74, 6) is 0. The monoisotopic (exact) mass is 288 g/mol. The van der Waals surface area contributed by atoms with Crippen molar-refractivity contribution in [3.05, 3.63) is 18.0 Å². The molecule has 0 aliphatic carbocycles. The summed E-state index contributed by atoms with van der Waals surface area (Å²) >= 11 is 0. The third kappa shape index (κ3) is 3.00. The number of nitrogens with zero attached hydrogens (tertiary/aromatic N) is 1. The summed E-state index contributed by atoms with van der Waals surface area (Å²) in [6, 6.07) is 1.46. The average molecular weight is 288 g/mol. The van der Waals surface area contributed by atoms with E-state index in [4.69, 9.17) is 9.84 Å². The number of rotatable bonds is 3. The largest absolute Gasteiger partial charge is 0.390 e. The number of aromatic amines is 1. The van der Waals surface area contributed by atoms with Crippen molar-refractivity contribution in [3.8, 4) is 0 Å². The smallest absolute Gasteiger partial charge is 0.244 e. The van der Waals surface area contributed by atoms with E-state index in [0.29, 0.717) is 18.8 Å². The third-order valence-electron chi connectivity index (χ3n) is 3.06. The predicted molar refractivity (Wildman–Crippen MR) is 70.1 cm³/mol.